The minimum Gasteiger partial charge on any atom is -0.288 e. The van der Waals surface area contributed by atoms with Gasteiger partial charge in [0.15, 0.2) is 11.3 Å². The van der Waals surface area contributed by atoms with Crippen LogP contribution < -0.4 is 5.32 Å². The van der Waals surface area contributed by atoms with E-state index in [4.69, 9.17) is 0 Å². The van der Waals surface area contributed by atoms with Gasteiger partial charge in [0.2, 0.25) is 5.95 Å². The average Bonchev–Trinajstić information content (AvgIpc) is 3.17. The number of carbonyl (C=O) groups is 1. The van der Waals surface area contributed by atoms with Crippen molar-refractivity contribution in [1.82, 2.24) is 28.3 Å². The van der Waals surface area contributed by atoms with Crippen molar-refractivity contribution in [2.45, 2.75) is 6.92 Å². The Morgan fingerprint density at radius 2 is 2.14 bits per heavy atom. The number of para-hydroxylation sites is 1. The predicted molar refractivity (Wildman–Crippen MR) is 80.9 cm³/mol. The highest BCUT2D eigenvalue weighted by molar-refractivity contribution is 6.99. The summed E-state index contributed by atoms with van der Waals surface area (Å²) in [5.41, 5.74) is 1.72. The van der Waals surface area contributed by atoms with E-state index < -0.39 is 0 Å². The molecule has 0 unspecified atom stereocenters. The van der Waals surface area contributed by atoms with Crippen LogP contribution >= 0.6 is 11.7 Å². The van der Waals surface area contributed by atoms with Crippen LogP contribution in [-0.2, 0) is 0 Å². The molecule has 0 bridgehead atoms. The molecule has 22 heavy (non-hydrogen) atoms. The number of aromatic nitrogens is 6. The Morgan fingerprint density at radius 1 is 1.27 bits per heavy atom. The van der Waals surface area contributed by atoms with Crippen molar-refractivity contribution < 1.29 is 4.79 Å². The Morgan fingerprint density at radius 3 is 2.95 bits per heavy atom. The summed E-state index contributed by atoms with van der Waals surface area (Å²) in [4.78, 5) is 20.8. The normalized spacial score (nSPS) is 11.1. The van der Waals surface area contributed by atoms with Gasteiger partial charge in [0.1, 0.15) is 5.82 Å². The number of rotatable bonds is 2. The number of anilines is 1. The molecule has 1 aromatic carbocycles. The van der Waals surface area contributed by atoms with E-state index in [-0.39, 0.29) is 17.5 Å². The van der Waals surface area contributed by atoms with Crippen molar-refractivity contribution in [3.8, 4) is 0 Å². The lowest BCUT2D eigenvalue weighted by Gasteiger charge is -2.01. The minimum atomic E-state index is -0.389. The fourth-order valence-corrected chi connectivity index (χ4v) is 2.59. The molecule has 3 aromatic heterocycles. The van der Waals surface area contributed by atoms with Gasteiger partial charge in [-0.2, -0.15) is 18.2 Å². The highest BCUT2D eigenvalue weighted by Gasteiger charge is 2.15. The third-order valence-electron chi connectivity index (χ3n) is 3.16. The van der Waals surface area contributed by atoms with E-state index in [1.165, 1.54) is 6.20 Å². The van der Waals surface area contributed by atoms with Crippen LogP contribution in [-0.4, -0.2) is 34.2 Å². The SMILES string of the molecule is Cc1nc2ccccc2c2nc(NC(=O)c3cnsn3)nn12. The van der Waals surface area contributed by atoms with E-state index in [0.717, 1.165) is 22.6 Å². The van der Waals surface area contributed by atoms with Crippen molar-refractivity contribution >= 4 is 40.1 Å². The topological polar surface area (TPSA) is 98.0 Å². The molecule has 0 saturated heterocycles. The van der Waals surface area contributed by atoms with Gasteiger partial charge in [0.05, 0.1) is 23.4 Å². The van der Waals surface area contributed by atoms with E-state index in [1.54, 1.807) is 4.52 Å². The smallest absolute Gasteiger partial charge is 0.279 e. The van der Waals surface area contributed by atoms with Gasteiger partial charge in [-0.15, -0.1) is 5.10 Å². The number of hydrogen-bond donors (Lipinski definition) is 1. The second-order valence-electron chi connectivity index (χ2n) is 4.59. The summed E-state index contributed by atoms with van der Waals surface area (Å²) in [5, 5.41) is 7.77. The van der Waals surface area contributed by atoms with Crippen LogP contribution in [0.1, 0.15) is 16.3 Å². The zero-order valence-corrected chi connectivity index (χ0v) is 12.2. The number of amides is 1. The van der Waals surface area contributed by atoms with Crippen LogP contribution in [0.4, 0.5) is 5.95 Å². The lowest BCUT2D eigenvalue weighted by molar-refractivity contribution is 0.102. The summed E-state index contributed by atoms with van der Waals surface area (Å²) in [5.74, 6) is 0.510. The Labute approximate surface area is 128 Å². The molecule has 4 rings (SSSR count). The molecule has 0 aliphatic heterocycles. The molecule has 0 atom stereocenters. The molecule has 0 radical (unpaired) electrons. The average molecular weight is 311 g/mol. The quantitative estimate of drug-likeness (QED) is 0.605. The third-order valence-corrected chi connectivity index (χ3v) is 3.64. The second-order valence-corrected chi connectivity index (χ2v) is 5.15. The molecule has 0 aliphatic rings. The zero-order chi connectivity index (χ0) is 15.1. The van der Waals surface area contributed by atoms with Crippen LogP contribution in [0.25, 0.3) is 16.6 Å². The molecule has 8 nitrogen and oxygen atoms in total. The van der Waals surface area contributed by atoms with Gasteiger partial charge in [-0.05, 0) is 19.1 Å². The number of carbonyl (C=O) groups excluding carboxylic acids is 1. The van der Waals surface area contributed by atoms with Gasteiger partial charge in [-0.3, -0.25) is 10.1 Å². The zero-order valence-electron chi connectivity index (χ0n) is 11.4. The predicted octanol–water partition coefficient (Wildman–Crippen LogP) is 1.69. The van der Waals surface area contributed by atoms with Crippen molar-refractivity contribution in [1.29, 1.82) is 0 Å². The van der Waals surface area contributed by atoms with Gasteiger partial charge < -0.3 is 0 Å². The van der Waals surface area contributed by atoms with Gasteiger partial charge in [-0.25, -0.2) is 4.98 Å². The van der Waals surface area contributed by atoms with Crippen LogP contribution in [0.15, 0.2) is 30.5 Å². The Bertz CT molecular complexity index is 992. The maximum Gasteiger partial charge on any atom is 0.279 e. The monoisotopic (exact) mass is 311 g/mol. The summed E-state index contributed by atoms with van der Waals surface area (Å²) in [6, 6.07) is 7.66. The molecular weight excluding hydrogens is 302 g/mol. The van der Waals surface area contributed by atoms with E-state index >= 15 is 0 Å². The summed E-state index contributed by atoms with van der Waals surface area (Å²) in [6.07, 6.45) is 1.40. The largest absolute Gasteiger partial charge is 0.288 e. The Balaban J connectivity index is 1.82. The molecule has 0 spiro atoms. The van der Waals surface area contributed by atoms with E-state index in [9.17, 15) is 4.79 Å². The number of nitrogens with zero attached hydrogens (tertiary/aromatic N) is 6. The molecule has 3 heterocycles. The first-order valence-corrected chi connectivity index (χ1v) is 7.16. The van der Waals surface area contributed by atoms with E-state index in [0.29, 0.717) is 11.5 Å². The number of benzene rings is 1. The molecular formula is C13H9N7OS. The molecule has 9 heteroatoms. The van der Waals surface area contributed by atoms with Gasteiger partial charge in [0, 0.05) is 5.39 Å². The summed E-state index contributed by atoms with van der Waals surface area (Å²) in [6.45, 7) is 1.84. The van der Waals surface area contributed by atoms with Crippen molar-refractivity contribution in [3.05, 3.63) is 42.0 Å². The fourth-order valence-electron chi connectivity index (χ4n) is 2.18. The molecule has 1 N–H and O–H groups in total. The first kappa shape index (κ1) is 12.8. The van der Waals surface area contributed by atoms with Crippen LogP contribution in [0.3, 0.4) is 0 Å². The maximum atomic E-state index is 12.0. The van der Waals surface area contributed by atoms with Crippen LogP contribution in [0.5, 0.6) is 0 Å². The first-order chi connectivity index (χ1) is 10.7. The highest BCUT2D eigenvalue weighted by atomic mass is 32.1. The van der Waals surface area contributed by atoms with Crippen LogP contribution in [0.2, 0.25) is 0 Å². The molecule has 0 aliphatic carbocycles. The number of fused-ring (bicyclic) bond motifs is 3. The minimum absolute atomic E-state index is 0.208. The maximum absolute atomic E-state index is 12.0. The Hall–Kier alpha value is -2.94. The van der Waals surface area contributed by atoms with Gasteiger partial charge >= 0.3 is 0 Å². The summed E-state index contributed by atoms with van der Waals surface area (Å²) in [7, 11) is 0. The molecule has 0 fully saturated rings. The van der Waals surface area contributed by atoms with Crippen molar-refractivity contribution in [2.24, 2.45) is 0 Å². The molecule has 1 amide bonds. The van der Waals surface area contributed by atoms with Crippen LogP contribution in [0, 0.1) is 6.92 Å². The van der Waals surface area contributed by atoms with Crippen molar-refractivity contribution in [2.75, 3.05) is 5.32 Å². The van der Waals surface area contributed by atoms with Gasteiger partial charge in [-0.1, -0.05) is 12.1 Å². The molecule has 108 valence electrons. The summed E-state index contributed by atoms with van der Waals surface area (Å²) >= 11 is 0.971. The number of nitrogens with one attached hydrogen (secondary N) is 1. The summed E-state index contributed by atoms with van der Waals surface area (Å²) < 4.78 is 9.28. The lowest BCUT2D eigenvalue weighted by atomic mass is 10.2. The second kappa shape index (κ2) is 4.81. The number of aryl methyl sites for hydroxylation is 1. The lowest BCUT2D eigenvalue weighted by Crippen LogP contribution is -2.13. The van der Waals surface area contributed by atoms with Crippen molar-refractivity contribution in [3.63, 3.8) is 0 Å². The Kier molecular flexibility index (Phi) is 2.79. The number of hydrogen-bond acceptors (Lipinski definition) is 7. The fraction of sp³-hybridized carbons (Fsp3) is 0.0769. The van der Waals surface area contributed by atoms with E-state index in [2.05, 4.69) is 29.1 Å². The van der Waals surface area contributed by atoms with Gasteiger partial charge in [0.25, 0.3) is 5.91 Å². The molecule has 4 aromatic rings. The standard InChI is InChI=1S/C13H9N7OS/c1-7-15-9-5-3-2-4-8(9)11-16-13(18-20(7)11)17-12(21)10-6-14-22-19-10/h2-6H,1H3,(H,17,18,21). The highest BCUT2D eigenvalue weighted by Crippen LogP contribution is 2.19. The third kappa shape index (κ3) is 1.99. The van der Waals surface area contributed by atoms with E-state index in [1.807, 2.05) is 31.2 Å². The molecule has 0 saturated carbocycles. The first-order valence-electron chi connectivity index (χ1n) is 6.43.